The molecule has 4 rings (SSSR count). The number of rotatable bonds is 6. The summed E-state index contributed by atoms with van der Waals surface area (Å²) in [6, 6.07) is 4.07. The van der Waals surface area contributed by atoms with E-state index in [0.717, 1.165) is 50.6 Å². The molecular formula is C21H29N5O4. The molecule has 0 aliphatic carbocycles. The van der Waals surface area contributed by atoms with Crippen LogP contribution in [-0.4, -0.2) is 67.0 Å². The lowest BCUT2D eigenvalue weighted by atomic mass is 10.1. The summed E-state index contributed by atoms with van der Waals surface area (Å²) in [5.41, 5.74) is 8.91. The molecule has 30 heavy (non-hydrogen) atoms. The van der Waals surface area contributed by atoms with E-state index in [2.05, 4.69) is 21.1 Å². The number of nitrogens with two attached hydrogens (primary N) is 1. The molecule has 3 heterocycles. The summed E-state index contributed by atoms with van der Waals surface area (Å²) < 4.78 is 12.3. The molecule has 0 radical (unpaired) electrons. The van der Waals surface area contributed by atoms with E-state index in [4.69, 9.17) is 20.3 Å². The Morgan fingerprint density at radius 3 is 2.73 bits per heavy atom. The summed E-state index contributed by atoms with van der Waals surface area (Å²) in [5.74, 6) is 0.438. The molecule has 2 aliphatic rings. The zero-order chi connectivity index (χ0) is 21.5. The number of amides is 1. The number of anilines is 1. The fourth-order valence-corrected chi connectivity index (χ4v) is 3.49. The van der Waals surface area contributed by atoms with Crippen LogP contribution in [0.3, 0.4) is 0 Å². The van der Waals surface area contributed by atoms with Gasteiger partial charge in [0, 0.05) is 37.5 Å². The number of aliphatic hydroxyl groups excluding tert-OH is 1. The van der Waals surface area contributed by atoms with Gasteiger partial charge in [-0.1, -0.05) is 6.92 Å². The lowest BCUT2D eigenvalue weighted by Crippen LogP contribution is -2.36. The van der Waals surface area contributed by atoms with E-state index >= 15 is 0 Å². The van der Waals surface area contributed by atoms with Crippen molar-refractivity contribution >= 4 is 23.5 Å². The lowest BCUT2D eigenvalue weighted by molar-refractivity contribution is 0.1000. The average molecular weight is 415 g/mol. The molecule has 0 bridgehead atoms. The van der Waals surface area contributed by atoms with Gasteiger partial charge in [-0.2, -0.15) is 5.10 Å². The summed E-state index contributed by atoms with van der Waals surface area (Å²) in [7, 11) is 1.71. The van der Waals surface area contributed by atoms with Gasteiger partial charge in [-0.05, 0) is 18.6 Å². The van der Waals surface area contributed by atoms with E-state index in [1.807, 2.05) is 19.2 Å². The predicted octanol–water partition coefficient (Wildman–Crippen LogP) is 1.72. The zero-order valence-corrected chi connectivity index (χ0v) is 17.5. The number of fused-ring (bicyclic) bond motifs is 1. The van der Waals surface area contributed by atoms with Crippen molar-refractivity contribution in [2.45, 2.75) is 25.8 Å². The number of morpholine rings is 1. The molecule has 2 aliphatic heterocycles. The topological polar surface area (TPSA) is 115 Å². The van der Waals surface area contributed by atoms with Crippen LogP contribution in [0.25, 0.3) is 0 Å². The van der Waals surface area contributed by atoms with Crippen LogP contribution in [0.15, 0.2) is 29.5 Å². The Balaban J connectivity index is 0.000000178. The number of hydrogen-bond donors (Lipinski definition) is 2. The number of aliphatic hydroxyl groups is 1. The van der Waals surface area contributed by atoms with Crippen LogP contribution >= 0.6 is 0 Å². The largest absolute Gasteiger partial charge is 0.496 e. The van der Waals surface area contributed by atoms with E-state index in [0.29, 0.717) is 5.56 Å². The van der Waals surface area contributed by atoms with Gasteiger partial charge < -0.3 is 25.2 Å². The number of hydrogen-bond acceptors (Lipinski definition) is 7. The first kappa shape index (κ1) is 21.8. The third-order valence-electron chi connectivity index (χ3n) is 5.25. The highest BCUT2D eigenvalue weighted by Crippen LogP contribution is 2.40. The van der Waals surface area contributed by atoms with E-state index < -0.39 is 5.91 Å². The second-order valence-electron chi connectivity index (χ2n) is 7.05. The number of aliphatic imine (C=N–C) groups is 1. The summed E-state index contributed by atoms with van der Waals surface area (Å²) in [6.07, 6.45) is 6.54. The molecule has 9 nitrogen and oxygen atoms in total. The number of primary amides is 1. The Bertz CT molecular complexity index is 886. The third kappa shape index (κ3) is 4.80. The van der Waals surface area contributed by atoms with Crippen LogP contribution in [-0.2, 0) is 11.2 Å². The minimum Gasteiger partial charge on any atom is -0.496 e. The summed E-state index contributed by atoms with van der Waals surface area (Å²) in [5, 5.41) is 12.9. The smallest absolute Gasteiger partial charge is 0.251 e. The Morgan fingerprint density at radius 1 is 1.37 bits per heavy atom. The number of carbonyl (C=O) groups is 1. The second kappa shape index (κ2) is 10.2. The van der Waals surface area contributed by atoms with Gasteiger partial charge in [-0.3, -0.25) is 14.5 Å². The molecule has 1 saturated heterocycles. The molecule has 1 atom stereocenters. The number of benzene rings is 1. The number of methoxy groups -OCH3 is 1. The van der Waals surface area contributed by atoms with Crippen molar-refractivity contribution in [2.24, 2.45) is 10.7 Å². The molecule has 162 valence electrons. The minimum atomic E-state index is -0.501. The molecule has 0 saturated carbocycles. The Kier molecular flexibility index (Phi) is 7.42. The molecule has 1 aromatic carbocycles. The number of nitrogens with zero attached hydrogens (tertiary/aromatic N) is 4. The van der Waals surface area contributed by atoms with Gasteiger partial charge in [0.1, 0.15) is 5.75 Å². The fraction of sp³-hybridized carbons (Fsp3) is 0.476. The molecule has 0 spiro atoms. The number of carbonyl (C=O) groups excluding carboxylic acids is 1. The molecule has 1 amide bonds. The molecule has 2 aromatic rings. The highest BCUT2D eigenvalue weighted by atomic mass is 16.5. The molecule has 1 aromatic heterocycles. The Morgan fingerprint density at radius 2 is 2.13 bits per heavy atom. The van der Waals surface area contributed by atoms with Gasteiger partial charge in [-0.25, -0.2) is 0 Å². The fourth-order valence-electron chi connectivity index (χ4n) is 3.49. The maximum atomic E-state index is 10.7. The molecule has 3 N–H and O–H groups in total. The van der Waals surface area contributed by atoms with Gasteiger partial charge in [0.15, 0.2) is 0 Å². The monoisotopic (exact) mass is 415 g/mol. The third-order valence-corrected chi connectivity index (χ3v) is 5.25. The van der Waals surface area contributed by atoms with E-state index in [-0.39, 0.29) is 12.6 Å². The minimum absolute atomic E-state index is 0.0103. The van der Waals surface area contributed by atoms with Gasteiger partial charge in [-0.15, -0.1) is 0 Å². The maximum Gasteiger partial charge on any atom is 0.251 e. The second-order valence-corrected chi connectivity index (χ2v) is 7.05. The highest BCUT2D eigenvalue weighted by molar-refractivity contribution is 5.92. The number of aromatic nitrogens is 2. The van der Waals surface area contributed by atoms with E-state index in [1.165, 1.54) is 17.4 Å². The van der Waals surface area contributed by atoms with Crippen LogP contribution in [0.2, 0.25) is 0 Å². The van der Waals surface area contributed by atoms with Crippen molar-refractivity contribution in [1.82, 2.24) is 9.78 Å². The Hall–Kier alpha value is -2.91. The van der Waals surface area contributed by atoms with Crippen molar-refractivity contribution in [3.63, 3.8) is 0 Å². The SMILES string of the molecule is CCC(CO)n1cc(C(N)=O)cn1.COc1ccc(N2CCOCC2)c2c1CC=N2. The van der Waals surface area contributed by atoms with Crippen molar-refractivity contribution in [3.05, 3.63) is 35.7 Å². The molecule has 1 unspecified atom stereocenters. The van der Waals surface area contributed by atoms with Crippen molar-refractivity contribution in [2.75, 3.05) is 44.9 Å². The zero-order valence-electron chi connectivity index (χ0n) is 17.5. The van der Waals surface area contributed by atoms with Gasteiger partial charge in [0.2, 0.25) is 0 Å². The average Bonchev–Trinajstić information content (AvgIpc) is 3.45. The normalized spacial score (nSPS) is 15.9. The summed E-state index contributed by atoms with van der Waals surface area (Å²) in [4.78, 5) is 17.6. The molecule has 1 fully saturated rings. The number of ether oxygens (including phenoxy) is 2. The molecular weight excluding hydrogens is 386 g/mol. The highest BCUT2D eigenvalue weighted by Gasteiger charge is 2.21. The van der Waals surface area contributed by atoms with Gasteiger partial charge in [0.05, 0.1) is 56.1 Å². The van der Waals surface area contributed by atoms with Crippen LogP contribution < -0.4 is 15.4 Å². The van der Waals surface area contributed by atoms with Crippen molar-refractivity contribution < 1.29 is 19.4 Å². The first-order valence-corrected chi connectivity index (χ1v) is 10.1. The first-order chi connectivity index (χ1) is 14.6. The van der Waals surface area contributed by atoms with Crippen molar-refractivity contribution in [3.8, 4) is 5.75 Å². The van der Waals surface area contributed by atoms with E-state index in [9.17, 15) is 4.79 Å². The first-order valence-electron chi connectivity index (χ1n) is 10.1. The van der Waals surface area contributed by atoms with Crippen LogP contribution in [0.4, 0.5) is 11.4 Å². The van der Waals surface area contributed by atoms with Crippen LogP contribution in [0, 0.1) is 0 Å². The standard InChI is InChI=1S/C13H16N2O2.C8H13N3O2/c1-16-12-3-2-11(13-10(12)4-5-14-13)15-6-8-17-9-7-15;1-2-7(5-12)11-4-6(3-10-11)8(9)13/h2-3,5H,4,6-9H2,1H3;3-4,7,12H,2,5H2,1H3,(H2,9,13). The van der Waals surface area contributed by atoms with E-state index in [1.54, 1.807) is 18.0 Å². The van der Waals surface area contributed by atoms with Crippen LogP contribution in [0.5, 0.6) is 5.75 Å². The Labute approximate surface area is 176 Å². The predicted molar refractivity (Wildman–Crippen MR) is 115 cm³/mol. The van der Waals surface area contributed by atoms with Crippen LogP contribution in [0.1, 0.15) is 35.3 Å². The lowest BCUT2D eigenvalue weighted by Gasteiger charge is -2.30. The quantitative estimate of drug-likeness (QED) is 0.742. The van der Waals surface area contributed by atoms with Gasteiger partial charge in [0.25, 0.3) is 5.91 Å². The molecule has 9 heteroatoms. The maximum absolute atomic E-state index is 10.7. The summed E-state index contributed by atoms with van der Waals surface area (Å²) >= 11 is 0. The summed E-state index contributed by atoms with van der Waals surface area (Å²) in [6.45, 7) is 5.42. The van der Waals surface area contributed by atoms with Crippen molar-refractivity contribution in [1.29, 1.82) is 0 Å². The van der Waals surface area contributed by atoms with Gasteiger partial charge >= 0.3 is 0 Å².